The standard InChI is InChI=1S/C48H34N6O6/c1-59-35-19-15-31(16-20-35)49-48(58)42-24-29-10-6-8-14-37(29)44(47(42)57)53-51-34-18-22-39-38-21-17-33(25-40(38)46(56)41(39)26-34)50-52-43-36-13-7-5-9-28(36)23-30(45(43)55)27-60-54-32-11-3-2-4-12-32/h2-26,54-55,57H,27H2,1H3,(H,49,58). The summed E-state index contributed by atoms with van der Waals surface area (Å²) in [5, 5.41) is 46.1. The average Bonchev–Trinajstić information content (AvgIpc) is 3.56. The number of ketones is 1. The Labute approximate surface area is 343 Å². The highest BCUT2D eigenvalue weighted by molar-refractivity contribution is 6.22. The Bertz CT molecular complexity index is 3040. The molecule has 60 heavy (non-hydrogen) atoms. The number of anilines is 2. The van der Waals surface area contributed by atoms with Crippen LogP contribution in [0.5, 0.6) is 17.2 Å². The first-order valence-corrected chi connectivity index (χ1v) is 18.9. The molecule has 1 aliphatic carbocycles. The van der Waals surface area contributed by atoms with Crippen molar-refractivity contribution in [2.45, 2.75) is 6.61 Å². The van der Waals surface area contributed by atoms with E-state index >= 15 is 0 Å². The maximum Gasteiger partial charge on any atom is 0.259 e. The number of phenolic OH excluding ortho intramolecular Hbond substituents is 2. The quantitative estimate of drug-likeness (QED) is 0.0747. The first kappa shape index (κ1) is 37.4. The van der Waals surface area contributed by atoms with Gasteiger partial charge in [0, 0.05) is 33.2 Å². The van der Waals surface area contributed by atoms with E-state index in [2.05, 4.69) is 31.3 Å². The number of aromatic hydroxyl groups is 2. The second-order valence-electron chi connectivity index (χ2n) is 13.9. The Hall–Kier alpha value is -8.22. The molecule has 0 saturated heterocycles. The third-order valence-corrected chi connectivity index (χ3v) is 10.2. The Morgan fingerprint density at radius 1 is 0.583 bits per heavy atom. The second kappa shape index (κ2) is 16.0. The minimum absolute atomic E-state index is 0.0206. The molecule has 0 aliphatic heterocycles. The van der Waals surface area contributed by atoms with E-state index in [1.54, 1.807) is 79.9 Å². The van der Waals surface area contributed by atoms with Gasteiger partial charge in [-0.3, -0.25) is 19.9 Å². The molecule has 1 aliphatic rings. The molecule has 0 fully saturated rings. The first-order chi connectivity index (χ1) is 29.3. The van der Waals surface area contributed by atoms with E-state index in [4.69, 9.17) is 9.57 Å². The van der Waals surface area contributed by atoms with Crippen molar-refractivity contribution < 1.29 is 29.4 Å². The van der Waals surface area contributed by atoms with Crippen LogP contribution in [0.3, 0.4) is 0 Å². The summed E-state index contributed by atoms with van der Waals surface area (Å²) in [7, 11) is 1.56. The van der Waals surface area contributed by atoms with Crippen LogP contribution >= 0.6 is 0 Å². The molecular formula is C48H34N6O6. The molecule has 0 bridgehead atoms. The molecule has 9 rings (SSSR count). The number of para-hydroxylation sites is 1. The summed E-state index contributed by atoms with van der Waals surface area (Å²) in [6.07, 6.45) is 0. The zero-order valence-electron chi connectivity index (χ0n) is 32.0. The lowest BCUT2D eigenvalue weighted by molar-refractivity contribution is 0.102. The molecule has 12 nitrogen and oxygen atoms in total. The van der Waals surface area contributed by atoms with E-state index in [9.17, 15) is 19.8 Å². The van der Waals surface area contributed by atoms with Crippen LogP contribution in [0.25, 0.3) is 32.7 Å². The summed E-state index contributed by atoms with van der Waals surface area (Å²) in [6, 6.07) is 44.9. The number of rotatable bonds is 11. The minimum atomic E-state index is -0.528. The van der Waals surface area contributed by atoms with Crippen LogP contribution in [-0.2, 0) is 11.4 Å². The molecule has 4 N–H and O–H groups in total. The molecular weight excluding hydrogens is 757 g/mol. The van der Waals surface area contributed by atoms with E-state index in [-0.39, 0.29) is 40.8 Å². The SMILES string of the molecule is COc1ccc(NC(=O)c2cc3ccccc3c(N=Nc3ccc4c(c3)C(=O)c3cc(N=Nc5c(O)c(CONc6ccccc6)cc6ccccc56)ccc3-4)c2O)cc1. The van der Waals surface area contributed by atoms with Crippen LogP contribution in [0.15, 0.2) is 172 Å². The highest BCUT2D eigenvalue weighted by Gasteiger charge is 2.28. The zero-order chi connectivity index (χ0) is 41.2. The topological polar surface area (TPSA) is 167 Å². The monoisotopic (exact) mass is 790 g/mol. The zero-order valence-corrected chi connectivity index (χ0v) is 32.0. The van der Waals surface area contributed by atoms with Gasteiger partial charge in [0.1, 0.15) is 29.5 Å². The van der Waals surface area contributed by atoms with Crippen molar-refractivity contribution in [3.8, 4) is 28.4 Å². The van der Waals surface area contributed by atoms with Crippen LogP contribution in [0.2, 0.25) is 0 Å². The number of fused-ring (bicyclic) bond motifs is 5. The van der Waals surface area contributed by atoms with Crippen LogP contribution < -0.4 is 15.5 Å². The van der Waals surface area contributed by atoms with Crippen molar-refractivity contribution in [1.82, 2.24) is 0 Å². The molecule has 1 amide bonds. The molecule has 292 valence electrons. The smallest absolute Gasteiger partial charge is 0.259 e. The number of carbonyl (C=O) groups excluding carboxylic acids is 2. The normalized spacial score (nSPS) is 12.0. The fraction of sp³-hybridized carbons (Fsp3) is 0.0417. The summed E-state index contributed by atoms with van der Waals surface area (Å²) >= 11 is 0. The lowest BCUT2D eigenvalue weighted by Crippen LogP contribution is -2.12. The summed E-state index contributed by atoms with van der Waals surface area (Å²) < 4.78 is 5.20. The van der Waals surface area contributed by atoms with Gasteiger partial charge in [0.15, 0.2) is 11.5 Å². The van der Waals surface area contributed by atoms with Crippen LogP contribution in [0, 0.1) is 0 Å². The van der Waals surface area contributed by atoms with E-state index in [1.165, 1.54) is 0 Å². The van der Waals surface area contributed by atoms with Crippen molar-refractivity contribution in [2.75, 3.05) is 17.9 Å². The number of carbonyl (C=O) groups is 2. The fourth-order valence-corrected chi connectivity index (χ4v) is 7.15. The first-order valence-electron chi connectivity index (χ1n) is 18.9. The predicted molar refractivity (Wildman–Crippen MR) is 231 cm³/mol. The van der Waals surface area contributed by atoms with Gasteiger partial charge in [-0.1, -0.05) is 78.9 Å². The van der Waals surface area contributed by atoms with Gasteiger partial charge in [0.25, 0.3) is 5.91 Å². The van der Waals surface area contributed by atoms with Crippen molar-refractivity contribution in [2.24, 2.45) is 20.5 Å². The van der Waals surface area contributed by atoms with Crippen molar-refractivity contribution in [1.29, 1.82) is 0 Å². The molecule has 0 saturated carbocycles. The summed E-state index contributed by atoms with van der Waals surface area (Å²) in [5.74, 6) is -0.515. The van der Waals surface area contributed by atoms with Crippen molar-refractivity contribution >= 4 is 67.4 Å². The van der Waals surface area contributed by atoms with Crippen molar-refractivity contribution in [3.63, 3.8) is 0 Å². The van der Waals surface area contributed by atoms with Crippen LogP contribution in [0.1, 0.15) is 31.8 Å². The van der Waals surface area contributed by atoms with Crippen LogP contribution in [0.4, 0.5) is 34.1 Å². The van der Waals surface area contributed by atoms with E-state index in [0.29, 0.717) is 55.7 Å². The number of benzene rings is 8. The molecule has 0 spiro atoms. The number of nitrogens with one attached hydrogen (secondary N) is 2. The van der Waals surface area contributed by atoms with Crippen LogP contribution in [-0.4, -0.2) is 29.0 Å². The van der Waals surface area contributed by atoms with Crippen molar-refractivity contribution in [3.05, 3.63) is 174 Å². The Kier molecular flexibility index (Phi) is 9.94. The van der Waals surface area contributed by atoms with Gasteiger partial charge >= 0.3 is 0 Å². The second-order valence-corrected chi connectivity index (χ2v) is 13.9. The van der Waals surface area contributed by atoms with Gasteiger partial charge in [0.05, 0.1) is 29.7 Å². The Morgan fingerprint density at radius 3 is 1.77 bits per heavy atom. The van der Waals surface area contributed by atoms with Gasteiger partial charge in [-0.25, -0.2) is 0 Å². The molecule has 0 radical (unpaired) electrons. The molecule has 8 aromatic carbocycles. The largest absolute Gasteiger partial charge is 0.505 e. The maximum atomic E-state index is 13.9. The Balaban J connectivity index is 0.965. The number of ether oxygens (including phenoxy) is 1. The summed E-state index contributed by atoms with van der Waals surface area (Å²) in [5.41, 5.74) is 8.23. The fourth-order valence-electron chi connectivity index (χ4n) is 7.15. The molecule has 8 aromatic rings. The van der Waals surface area contributed by atoms with Gasteiger partial charge in [0.2, 0.25) is 0 Å². The highest BCUT2D eigenvalue weighted by Crippen LogP contribution is 2.44. The number of amides is 1. The number of azo groups is 2. The lowest BCUT2D eigenvalue weighted by Gasteiger charge is -2.12. The van der Waals surface area contributed by atoms with E-state index in [1.807, 2.05) is 78.9 Å². The van der Waals surface area contributed by atoms with Gasteiger partial charge in [-0.05, 0) is 94.7 Å². The molecule has 0 unspecified atom stereocenters. The van der Waals surface area contributed by atoms with E-state index < -0.39 is 5.91 Å². The Morgan fingerprint density at radius 2 is 1.15 bits per heavy atom. The number of methoxy groups -OCH3 is 1. The lowest BCUT2D eigenvalue weighted by atomic mass is 10.0. The predicted octanol–water partition coefficient (Wildman–Crippen LogP) is 12.3. The average molecular weight is 791 g/mol. The number of phenols is 2. The number of hydrogen-bond acceptors (Lipinski definition) is 11. The number of nitrogens with zero attached hydrogens (tertiary/aromatic N) is 4. The number of hydrogen-bond donors (Lipinski definition) is 4. The molecule has 0 aromatic heterocycles. The third kappa shape index (κ3) is 7.25. The summed E-state index contributed by atoms with van der Waals surface area (Å²) in [4.78, 5) is 32.9. The minimum Gasteiger partial charge on any atom is -0.505 e. The van der Waals surface area contributed by atoms with Gasteiger partial charge in [-0.2, -0.15) is 10.2 Å². The van der Waals surface area contributed by atoms with E-state index in [0.717, 1.165) is 22.2 Å². The van der Waals surface area contributed by atoms with Gasteiger partial charge < -0.3 is 20.3 Å². The summed E-state index contributed by atoms with van der Waals surface area (Å²) in [6.45, 7) is 0.0634. The molecule has 0 heterocycles. The molecule has 0 atom stereocenters. The maximum absolute atomic E-state index is 13.9. The van der Waals surface area contributed by atoms with Gasteiger partial charge in [-0.15, -0.1) is 10.2 Å². The third-order valence-electron chi connectivity index (χ3n) is 10.2. The molecule has 12 heteroatoms. The highest BCUT2D eigenvalue weighted by atomic mass is 16.6.